The predicted molar refractivity (Wildman–Crippen MR) is 83.6 cm³/mol. The molecule has 1 heterocycles. The van der Waals surface area contributed by atoms with Crippen molar-refractivity contribution in [2.24, 2.45) is 0 Å². The fourth-order valence-corrected chi connectivity index (χ4v) is 4.52. The van der Waals surface area contributed by atoms with Crippen LogP contribution in [0.1, 0.15) is 32.3 Å². The minimum absolute atomic E-state index is 0.174. The van der Waals surface area contributed by atoms with Gasteiger partial charge in [-0.05, 0) is 43.9 Å². The molecule has 0 amide bonds. The van der Waals surface area contributed by atoms with E-state index in [4.69, 9.17) is 10.5 Å². The monoisotopic (exact) mass is 312 g/mol. The third-order valence-electron chi connectivity index (χ3n) is 3.89. The molecule has 118 valence electrons. The summed E-state index contributed by atoms with van der Waals surface area (Å²) in [5, 5.41) is 0. The lowest BCUT2D eigenvalue weighted by atomic mass is 10.1. The van der Waals surface area contributed by atoms with Crippen LogP contribution in [-0.4, -0.2) is 38.5 Å². The lowest BCUT2D eigenvalue weighted by Crippen LogP contribution is -2.41. The summed E-state index contributed by atoms with van der Waals surface area (Å²) in [5.41, 5.74) is 7.06. The van der Waals surface area contributed by atoms with Crippen LogP contribution in [0.4, 0.5) is 5.69 Å². The van der Waals surface area contributed by atoms with Gasteiger partial charge < -0.3 is 10.5 Å². The first-order valence-corrected chi connectivity index (χ1v) is 8.93. The predicted octanol–water partition coefficient (Wildman–Crippen LogP) is 2.02. The molecule has 21 heavy (non-hydrogen) atoms. The summed E-state index contributed by atoms with van der Waals surface area (Å²) in [5.74, 6) is 0. The van der Waals surface area contributed by atoms with Gasteiger partial charge in [0.2, 0.25) is 10.0 Å². The van der Waals surface area contributed by atoms with Crippen LogP contribution in [0.3, 0.4) is 0 Å². The Morgan fingerprint density at radius 3 is 2.52 bits per heavy atom. The molecule has 2 N–H and O–H groups in total. The second-order valence-electron chi connectivity index (χ2n) is 5.28. The van der Waals surface area contributed by atoms with E-state index in [0.717, 1.165) is 18.4 Å². The Kier molecular flexibility index (Phi) is 5.24. The van der Waals surface area contributed by atoms with Crippen molar-refractivity contribution in [1.29, 1.82) is 0 Å². The van der Waals surface area contributed by atoms with Crippen LogP contribution in [0, 0.1) is 0 Å². The van der Waals surface area contributed by atoms with Crippen molar-refractivity contribution < 1.29 is 13.2 Å². The SMILES string of the molecule is CCOC1CCN(S(=O)(=O)c2cc(N)ccc2CC)CC1. The summed E-state index contributed by atoms with van der Waals surface area (Å²) < 4.78 is 32.8. The summed E-state index contributed by atoms with van der Waals surface area (Å²) in [6.45, 7) is 5.60. The number of benzene rings is 1. The van der Waals surface area contributed by atoms with Crippen LogP contribution >= 0.6 is 0 Å². The Hall–Kier alpha value is -1.11. The molecule has 0 aromatic heterocycles. The average molecular weight is 312 g/mol. The quantitative estimate of drug-likeness (QED) is 0.844. The van der Waals surface area contributed by atoms with Crippen LogP contribution in [-0.2, 0) is 21.2 Å². The van der Waals surface area contributed by atoms with E-state index in [1.165, 1.54) is 0 Å². The molecule has 1 aromatic rings. The molecule has 1 aromatic carbocycles. The van der Waals surface area contributed by atoms with Gasteiger partial charge in [0.15, 0.2) is 0 Å². The zero-order valence-corrected chi connectivity index (χ0v) is 13.5. The number of nitrogens with zero attached hydrogens (tertiary/aromatic N) is 1. The number of aryl methyl sites for hydroxylation is 1. The van der Waals surface area contributed by atoms with E-state index in [0.29, 0.717) is 36.7 Å². The molecule has 5 nitrogen and oxygen atoms in total. The Bertz CT molecular complexity index is 579. The Balaban J connectivity index is 2.21. The summed E-state index contributed by atoms with van der Waals surface area (Å²) in [7, 11) is -3.47. The molecule has 6 heteroatoms. The maximum Gasteiger partial charge on any atom is 0.243 e. The normalized spacial score (nSPS) is 18.0. The highest BCUT2D eigenvalue weighted by Gasteiger charge is 2.30. The number of nitrogen functional groups attached to an aromatic ring is 1. The Morgan fingerprint density at radius 2 is 1.95 bits per heavy atom. The van der Waals surface area contributed by atoms with Gasteiger partial charge in [-0.15, -0.1) is 0 Å². The van der Waals surface area contributed by atoms with Gasteiger partial charge >= 0.3 is 0 Å². The highest BCUT2D eigenvalue weighted by atomic mass is 32.2. The number of hydrogen-bond acceptors (Lipinski definition) is 4. The highest BCUT2D eigenvalue weighted by molar-refractivity contribution is 7.89. The summed E-state index contributed by atoms with van der Waals surface area (Å²) in [6, 6.07) is 5.12. The number of sulfonamides is 1. The van der Waals surface area contributed by atoms with Crippen molar-refractivity contribution in [3.05, 3.63) is 23.8 Å². The molecule has 1 fully saturated rings. The molecule has 2 rings (SSSR count). The van der Waals surface area contributed by atoms with E-state index in [9.17, 15) is 8.42 Å². The molecule has 0 unspecified atom stereocenters. The number of nitrogens with two attached hydrogens (primary N) is 1. The van der Waals surface area contributed by atoms with Gasteiger partial charge in [0, 0.05) is 25.4 Å². The number of piperidine rings is 1. The van der Waals surface area contributed by atoms with Crippen LogP contribution in [0.15, 0.2) is 23.1 Å². The maximum absolute atomic E-state index is 12.8. The van der Waals surface area contributed by atoms with E-state index in [-0.39, 0.29) is 6.10 Å². The van der Waals surface area contributed by atoms with Gasteiger partial charge in [-0.2, -0.15) is 4.31 Å². The van der Waals surface area contributed by atoms with Crippen molar-refractivity contribution >= 4 is 15.7 Å². The van der Waals surface area contributed by atoms with Crippen molar-refractivity contribution in [2.75, 3.05) is 25.4 Å². The largest absolute Gasteiger partial charge is 0.399 e. The molecule has 1 saturated heterocycles. The minimum Gasteiger partial charge on any atom is -0.399 e. The second-order valence-corrected chi connectivity index (χ2v) is 7.19. The van der Waals surface area contributed by atoms with E-state index in [1.54, 1.807) is 22.5 Å². The zero-order valence-electron chi connectivity index (χ0n) is 12.7. The third kappa shape index (κ3) is 3.56. The zero-order chi connectivity index (χ0) is 15.5. The summed E-state index contributed by atoms with van der Waals surface area (Å²) in [6.07, 6.45) is 2.34. The molecular weight excluding hydrogens is 288 g/mol. The van der Waals surface area contributed by atoms with Gasteiger partial charge in [-0.25, -0.2) is 8.42 Å². The standard InChI is InChI=1S/C15H24N2O3S/c1-3-12-5-6-13(16)11-15(12)21(18,19)17-9-7-14(8-10-17)20-4-2/h5-6,11,14H,3-4,7-10,16H2,1-2H3. The number of anilines is 1. The molecule has 0 atom stereocenters. The molecule has 1 aliphatic rings. The number of hydrogen-bond donors (Lipinski definition) is 1. The van der Waals surface area contributed by atoms with Gasteiger partial charge in [-0.3, -0.25) is 0 Å². The third-order valence-corrected chi connectivity index (χ3v) is 5.87. The van der Waals surface area contributed by atoms with E-state index in [1.807, 2.05) is 13.8 Å². The molecule has 0 spiro atoms. The number of ether oxygens (including phenoxy) is 1. The topological polar surface area (TPSA) is 72.6 Å². The van der Waals surface area contributed by atoms with Crippen LogP contribution in [0.25, 0.3) is 0 Å². The van der Waals surface area contributed by atoms with Crippen LogP contribution in [0.5, 0.6) is 0 Å². The van der Waals surface area contributed by atoms with E-state index in [2.05, 4.69) is 0 Å². The van der Waals surface area contributed by atoms with Crippen molar-refractivity contribution in [3.8, 4) is 0 Å². The molecule has 0 aliphatic carbocycles. The van der Waals surface area contributed by atoms with Crippen molar-refractivity contribution in [2.45, 2.75) is 44.1 Å². The second kappa shape index (κ2) is 6.77. The first kappa shape index (κ1) is 16.3. The highest BCUT2D eigenvalue weighted by Crippen LogP contribution is 2.26. The van der Waals surface area contributed by atoms with Gasteiger partial charge in [0.05, 0.1) is 11.0 Å². The molecule has 0 radical (unpaired) electrons. The maximum atomic E-state index is 12.8. The smallest absolute Gasteiger partial charge is 0.243 e. The van der Waals surface area contributed by atoms with Gasteiger partial charge in [-0.1, -0.05) is 13.0 Å². The molecular formula is C15H24N2O3S. The first-order valence-electron chi connectivity index (χ1n) is 7.49. The minimum atomic E-state index is -3.47. The van der Waals surface area contributed by atoms with Gasteiger partial charge in [0.25, 0.3) is 0 Å². The van der Waals surface area contributed by atoms with Gasteiger partial charge in [0.1, 0.15) is 0 Å². The Morgan fingerprint density at radius 1 is 1.29 bits per heavy atom. The number of rotatable bonds is 5. The molecule has 0 saturated carbocycles. The van der Waals surface area contributed by atoms with Crippen molar-refractivity contribution in [1.82, 2.24) is 4.31 Å². The van der Waals surface area contributed by atoms with Crippen LogP contribution in [0.2, 0.25) is 0 Å². The van der Waals surface area contributed by atoms with E-state index >= 15 is 0 Å². The fourth-order valence-electron chi connectivity index (χ4n) is 2.72. The fraction of sp³-hybridized carbons (Fsp3) is 0.600. The lowest BCUT2D eigenvalue weighted by molar-refractivity contribution is 0.0290. The van der Waals surface area contributed by atoms with Crippen molar-refractivity contribution in [3.63, 3.8) is 0 Å². The first-order chi connectivity index (χ1) is 9.98. The van der Waals surface area contributed by atoms with Crippen LogP contribution < -0.4 is 5.73 Å². The van der Waals surface area contributed by atoms with E-state index < -0.39 is 10.0 Å². The summed E-state index contributed by atoms with van der Waals surface area (Å²) >= 11 is 0. The summed E-state index contributed by atoms with van der Waals surface area (Å²) in [4.78, 5) is 0.347. The Labute approximate surface area is 127 Å². The molecule has 0 bridgehead atoms. The average Bonchev–Trinajstić information content (AvgIpc) is 2.48. The molecule has 1 aliphatic heterocycles. The lowest BCUT2D eigenvalue weighted by Gasteiger charge is -2.31.